The van der Waals surface area contributed by atoms with E-state index in [1.165, 1.54) is 0 Å². The molecule has 0 saturated heterocycles. The molecule has 25 heavy (non-hydrogen) atoms. The van der Waals surface area contributed by atoms with Crippen molar-refractivity contribution in [3.63, 3.8) is 0 Å². The topological polar surface area (TPSA) is 72.1 Å². The van der Waals surface area contributed by atoms with Crippen molar-refractivity contribution in [1.29, 1.82) is 0 Å². The van der Waals surface area contributed by atoms with Gasteiger partial charge in [0.25, 0.3) is 0 Å². The zero-order valence-electron chi connectivity index (χ0n) is 16.0. The van der Waals surface area contributed by atoms with Gasteiger partial charge in [0.15, 0.2) is 17.5 Å². The largest absolute Gasteiger partial charge is 0.493 e. The molecule has 0 heterocycles. The molecule has 1 aromatic carbocycles. The predicted molar refractivity (Wildman–Crippen MR) is 116 cm³/mol. The van der Waals surface area contributed by atoms with Crippen molar-refractivity contribution in [2.75, 3.05) is 40.4 Å². The summed E-state index contributed by atoms with van der Waals surface area (Å²) in [4.78, 5) is 6.79. The fourth-order valence-corrected chi connectivity index (χ4v) is 2.62. The Bertz CT molecular complexity index is 522. The van der Waals surface area contributed by atoms with Gasteiger partial charge in [-0.2, -0.15) is 0 Å². The summed E-state index contributed by atoms with van der Waals surface area (Å²) in [6.07, 6.45) is 0.835. The molecular formula is C18H33IN4O2. The van der Waals surface area contributed by atoms with Gasteiger partial charge in [-0.25, -0.2) is 0 Å². The first-order chi connectivity index (χ1) is 11.5. The van der Waals surface area contributed by atoms with Crippen molar-refractivity contribution in [2.24, 2.45) is 10.7 Å². The van der Waals surface area contributed by atoms with E-state index in [2.05, 4.69) is 36.0 Å². The minimum Gasteiger partial charge on any atom is -0.493 e. The Hall–Kier alpha value is -1.22. The number of rotatable bonds is 10. The second-order valence-electron chi connectivity index (χ2n) is 5.66. The number of methoxy groups -OCH3 is 2. The number of hydrogen-bond donors (Lipinski definition) is 2. The second-order valence-corrected chi connectivity index (χ2v) is 5.66. The van der Waals surface area contributed by atoms with Gasteiger partial charge in [0.1, 0.15) is 0 Å². The monoisotopic (exact) mass is 464 g/mol. The Kier molecular flexibility index (Phi) is 12.4. The van der Waals surface area contributed by atoms with Crippen molar-refractivity contribution >= 4 is 29.9 Å². The molecule has 6 nitrogen and oxygen atoms in total. The zero-order valence-corrected chi connectivity index (χ0v) is 18.4. The normalized spacial score (nSPS) is 12.5. The number of nitrogens with zero attached hydrogens (tertiary/aromatic N) is 2. The van der Waals surface area contributed by atoms with E-state index in [1.807, 2.05) is 18.2 Å². The molecule has 1 rings (SSSR count). The molecule has 0 bridgehead atoms. The maximum atomic E-state index is 5.95. The van der Waals surface area contributed by atoms with Crippen LogP contribution in [0.4, 0.5) is 0 Å². The lowest BCUT2D eigenvalue weighted by Crippen LogP contribution is -2.38. The van der Waals surface area contributed by atoms with Gasteiger partial charge in [0, 0.05) is 12.6 Å². The molecule has 7 heteroatoms. The zero-order chi connectivity index (χ0) is 17.9. The SMILES string of the molecule is CCN(CC)C(C)CN=C(N)NCCc1ccc(OC)c(OC)c1.I. The first-order valence-electron chi connectivity index (χ1n) is 8.54. The fraction of sp³-hybridized carbons (Fsp3) is 0.611. The van der Waals surface area contributed by atoms with Crippen LogP contribution in [0.5, 0.6) is 11.5 Å². The first kappa shape index (κ1) is 23.8. The number of halogens is 1. The van der Waals surface area contributed by atoms with E-state index >= 15 is 0 Å². The third-order valence-corrected chi connectivity index (χ3v) is 4.13. The van der Waals surface area contributed by atoms with Gasteiger partial charge in [0.2, 0.25) is 0 Å². The highest BCUT2D eigenvalue weighted by molar-refractivity contribution is 14.0. The first-order valence-corrected chi connectivity index (χ1v) is 8.54. The molecule has 0 aliphatic rings. The average molecular weight is 464 g/mol. The number of benzene rings is 1. The van der Waals surface area contributed by atoms with Crippen molar-refractivity contribution in [1.82, 2.24) is 10.2 Å². The summed E-state index contributed by atoms with van der Waals surface area (Å²) in [5.41, 5.74) is 7.10. The molecule has 1 aromatic rings. The van der Waals surface area contributed by atoms with Crippen LogP contribution in [0.25, 0.3) is 0 Å². The van der Waals surface area contributed by atoms with Gasteiger partial charge in [-0.3, -0.25) is 9.89 Å². The van der Waals surface area contributed by atoms with E-state index in [9.17, 15) is 0 Å². The summed E-state index contributed by atoms with van der Waals surface area (Å²) in [6, 6.07) is 6.32. The van der Waals surface area contributed by atoms with Gasteiger partial charge in [0.05, 0.1) is 20.8 Å². The van der Waals surface area contributed by atoms with Crippen molar-refractivity contribution in [2.45, 2.75) is 33.2 Å². The molecule has 144 valence electrons. The highest BCUT2D eigenvalue weighted by Crippen LogP contribution is 2.27. The summed E-state index contributed by atoms with van der Waals surface area (Å²) in [5, 5.41) is 3.16. The maximum Gasteiger partial charge on any atom is 0.188 e. The van der Waals surface area contributed by atoms with Gasteiger partial charge in [-0.1, -0.05) is 19.9 Å². The smallest absolute Gasteiger partial charge is 0.188 e. The Labute approximate surface area is 169 Å². The van der Waals surface area contributed by atoms with Crippen LogP contribution in [0, 0.1) is 0 Å². The molecule has 1 unspecified atom stereocenters. The summed E-state index contributed by atoms with van der Waals surface area (Å²) in [6.45, 7) is 9.98. The lowest BCUT2D eigenvalue weighted by molar-refractivity contribution is 0.237. The average Bonchev–Trinajstić information content (AvgIpc) is 2.60. The highest BCUT2D eigenvalue weighted by atomic mass is 127. The third-order valence-electron chi connectivity index (χ3n) is 4.13. The highest BCUT2D eigenvalue weighted by Gasteiger charge is 2.09. The molecule has 0 fully saturated rings. The molecular weight excluding hydrogens is 431 g/mol. The van der Waals surface area contributed by atoms with Crippen LogP contribution in [-0.2, 0) is 6.42 Å². The standard InChI is InChI=1S/C18H32N4O2.HI/c1-6-22(7-2)14(3)13-21-18(19)20-11-10-15-8-9-16(23-4)17(12-15)24-5;/h8-9,12,14H,6-7,10-11,13H2,1-5H3,(H3,19,20,21);1H. The van der Waals surface area contributed by atoms with Gasteiger partial charge in [-0.15, -0.1) is 24.0 Å². The molecule has 0 aliphatic heterocycles. The van der Waals surface area contributed by atoms with E-state index in [-0.39, 0.29) is 24.0 Å². The van der Waals surface area contributed by atoms with E-state index in [0.29, 0.717) is 18.5 Å². The molecule has 0 radical (unpaired) electrons. The molecule has 3 N–H and O–H groups in total. The lowest BCUT2D eigenvalue weighted by Gasteiger charge is -2.24. The quantitative estimate of drug-likeness (QED) is 0.316. The second kappa shape index (κ2) is 13.0. The number of nitrogens with two attached hydrogens (primary N) is 1. The van der Waals surface area contributed by atoms with E-state index in [1.54, 1.807) is 14.2 Å². The Morgan fingerprint density at radius 3 is 2.40 bits per heavy atom. The molecule has 0 amide bonds. The van der Waals surface area contributed by atoms with Crippen molar-refractivity contribution < 1.29 is 9.47 Å². The minimum atomic E-state index is 0. The van der Waals surface area contributed by atoms with Crippen LogP contribution < -0.4 is 20.5 Å². The fourth-order valence-electron chi connectivity index (χ4n) is 2.62. The van der Waals surface area contributed by atoms with Crippen LogP contribution in [0.3, 0.4) is 0 Å². The van der Waals surface area contributed by atoms with E-state index < -0.39 is 0 Å². The number of hydrogen-bond acceptors (Lipinski definition) is 4. The molecule has 0 aliphatic carbocycles. The molecule has 1 atom stereocenters. The predicted octanol–water partition coefficient (Wildman–Crippen LogP) is 2.50. The third kappa shape index (κ3) is 8.13. The van der Waals surface area contributed by atoms with Crippen LogP contribution >= 0.6 is 24.0 Å². The van der Waals surface area contributed by atoms with Crippen molar-refractivity contribution in [3.8, 4) is 11.5 Å². The number of ether oxygens (including phenoxy) is 2. The lowest BCUT2D eigenvalue weighted by atomic mass is 10.1. The van der Waals surface area contributed by atoms with Gasteiger partial charge in [-0.05, 0) is 44.1 Å². The van der Waals surface area contributed by atoms with Crippen LogP contribution in [0.15, 0.2) is 23.2 Å². The van der Waals surface area contributed by atoms with Crippen LogP contribution in [0.2, 0.25) is 0 Å². The Balaban J connectivity index is 0.00000576. The van der Waals surface area contributed by atoms with Crippen LogP contribution in [-0.4, -0.2) is 57.3 Å². The summed E-state index contributed by atoms with van der Waals surface area (Å²) in [5.74, 6) is 1.97. The summed E-state index contributed by atoms with van der Waals surface area (Å²) >= 11 is 0. The van der Waals surface area contributed by atoms with Crippen molar-refractivity contribution in [3.05, 3.63) is 23.8 Å². The number of likely N-dealkylation sites (N-methyl/N-ethyl adjacent to an activating group) is 1. The minimum absolute atomic E-state index is 0. The number of guanidine groups is 1. The molecule has 0 saturated carbocycles. The summed E-state index contributed by atoms with van der Waals surface area (Å²) in [7, 11) is 3.27. The van der Waals surface area contributed by atoms with E-state index in [0.717, 1.165) is 43.1 Å². The maximum absolute atomic E-state index is 5.95. The number of aliphatic imine (C=N–C) groups is 1. The van der Waals surface area contributed by atoms with E-state index in [4.69, 9.17) is 15.2 Å². The van der Waals surface area contributed by atoms with Crippen LogP contribution in [0.1, 0.15) is 26.3 Å². The number of nitrogens with one attached hydrogen (secondary N) is 1. The Morgan fingerprint density at radius 2 is 1.84 bits per heavy atom. The van der Waals surface area contributed by atoms with Gasteiger partial charge < -0.3 is 20.5 Å². The molecule has 0 spiro atoms. The molecule has 0 aromatic heterocycles. The van der Waals surface area contributed by atoms with Gasteiger partial charge >= 0.3 is 0 Å². The Morgan fingerprint density at radius 1 is 1.20 bits per heavy atom. The summed E-state index contributed by atoms with van der Waals surface area (Å²) < 4.78 is 10.6.